The van der Waals surface area contributed by atoms with Crippen LogP contribution in [0, 0.1) is 6.57 Å². The van der Waals surface area contributed by atoms with Crippen LogP contribution in [0.15, 0.2) is 36.4 Å². The van der Waals surface area contributed by atoms with E-state index in [9.17, 15) is 22.0 Å². The number of anilines is 1. The second kappa shape index (κ2) is 7.40. The molecule has 0 fully saturated rings. The fourth-order valence-electron chi connectivity index (χ4n) is 2.44. The Kier molecular flexibility index (Phi) is 5.61. The Morgan fingerprint density at radius 2 is 1.67 bits per heavy atom. The number of para-hydroxylation sites is 1. The SMILES string of the molecule is [C-]#[N+]c1ccc(Oc2ccccc2CN(C)C)c(N)c1C(F)(F)C(F)(F)F. The van der Waals surface area contributed by atoms with E-state index in [0.29, 0.717) is 12.1 Å². The van der Waals surface area contributed by atoms with Crippen LogP contribution in [0.2, 0.25) is 0 Å². The molecule has 0 heterocycles. The first-order valence-corrected chi connectivity index (χ1v) is 7.64. The van der Waals surface area contributed by atoms with Gasteiger partial charge < -0.3 is 15.4 Å². The van der Waals surface area contributed by atoms with E-state index in [1.165, 1.54) is 0 Å². The molecule has 2 aromatic carbocycles. The molecule has 27 heavy (non-hydrogen) atoms. The van der Waals surface area contributed by atoms with Gasteiger partial charge in [-0.3, -0.25) is 0 Å². The lowest BCUT2D eigenvalue weighted by molar-refractivity contribution is -0.288. The monoisotopic (exact) mass is 385 g/mol. The van der Waals surface area contributed by atoms with E-state index in [-0.39, 0.29) is 11.5 Å². The van der Waals surface area contributed by atoms with Crippen molar-refractivity contribution in [2.24, 2.45) is 0 Å². The van der Waals surface area contributed by atoms with Crippen LogP contribution in [0.4, 0.5) is 33.3 Å². The second-order valence-corrected chi connectivity index (χ2v) is 6.00. The van der Waals surface area contributed by atoms with Crippen molar-refractivity contribution < 1.29 is 26.7 Å². The van der Waals surface area contributed by atoms with Gasteiger partial charge in [-0.05, 0) is 26.2 Å². The van der Waals surface area contributed by atoms with Gasteiger partial charge in [0.05, 0.1) is 17.8 Å². The summed E-state index contributed by atoms with van der Waals surface area (Å²) < 4.78 is 71.9. The van der Waals surface area contributed by atoms with Crippen molar-refractivity contribution in [3.63, 3.8) is 0 Å². The molecule has 0 unspecified atom stereocenters. The highest BCUT2D eigenvalue weighted by Gasteiger charge is 2.60. The third-order valence-electron chi connectivity index (χ3n) is 3.65. The van der Waals surface area contributed by atoms with Crippen molar-refractivity contribution >= 4 is 11.4 Å². The molecule has 2 rings (SSSR count). The molecule has 0 bridgehead atoms. The molecule has 144 valence electrons. The van der Waals surface area contributed by atoms with Crippen molar-refractivity contribution in [3.8, 4) is 11.5 Å². The van der Waals surface area contributed by atoms with Gasteiger partial charge in [-0.1, -0.05) is 24.3 Å². The second-order valence-electron chi connectivity index (χ2n) is 6.00. The molecule has 0 aromatic heterocycles. The van der Waals surface area contributed by atoms with Crippen LogP contribution in [0.3, 0.4) is 0 Å². The van der Waals surface area contributed by atoms with Crippen LogP contribution in [0.5, 0.6) is 11.5 Å². The quantitative estimate of drug-likeness (QED) is 0.430. The van der Waals surface area contributed by atoms with E-state index in [2.05, 4.69) is 4.85 Å². The Morgan fingerprint density at radius 3 is 2.22 bits per heavy atom. The lowest BCUT2D eigenvalue weighted by atomic mass is 10.0. The lowest BCUT2D eigenvalue weighted by Gasteiger charge is -2.24. The summed E-state index contributed by atoms with van der Waals surface area (Å²) in [5.74, 6) is -5.42. The van der Waals surface area contributed by atoms with Gasteiger partial charge in [-0.2, -0.15) is 22.0 Å². The number of ether oxygens (including phenoxy) is 1. The minimum absolute atomic E-state index is 0.259. The number of hydrogen-bond donors (Lipinski definition) is 1. The van der Waals surface area contributed by atoms with Crippen molar-refractivity contribution in [1.82, 2.24) is 4.90 Å². The number of nitrogens with zero attached hydrogens (tertiary/aromatic N) is 2. The van der Waals surface area contributed by atoms with Crippen LogP contribution in [0.1, 0.15) is 11.1 Å². The van der Waals surface area contributed by atoms with Crippen LogP contribution in [0.25, 0.3) is 4.85 Å². The molecule has 4 nitrogen and oxygen atoms in total. The molecule has 0 saturated heterocycles. The van der Waals surface area contributed by atoms with Crippen LogP contribution >= 0.6 is 0 Å². The highest BCUT2D eigenvalue weighted by atomic mass is 19.4. The predicted octanol–water partition coefficient (Wildman–Crippen LogP) is 5.33. The van der Waals surface area contributed by atoms with E-state index in [4.69, 9.17) is 17.0 Å². The molecule has 2 aromatic rings. The van der Waals surface area contributed by atoms with Crippen LogP contribution in [-0.4, -0.2) is 25.2 Å². The minimum atomic E-state index is -5.90. The largest absolute Gasteiger partial charge is 0.456 e. The highest BCUT2D eigenvalue weighted by molar-refractivity contribution is 5.73. The summed E-state index contributed by atoms with van der Waals surface area (Å²) in [6, 6.07) is 8.57. The molecule has 0 atom stereocenters. The number of rotatable bonds is 5. The summed E-state index contributed by atoms with van der Waals surface area (Å²) in [6.07, 6.45) is -5.90. The third kappa shape index (κ3) is 4.11. The zero-order valence-electron chi connectivity index (χ0n) is 14.4. The first kappa shape index (κ1) is 20.5. The maximum Gasteiger partial charge on any atom is 0.456 e. The highest BCUT2D eigenvalue weighted by Crippen LogP contribution is 2.51. The molecule has 0 saturated carbocycles. The number of nitrogens with two attached hydrogens (primary N) is 1. The number of halogens is 5. The molecule has 0 aliphatic heterocycles. The predicted molar refractivity (Wildman–Crippen MR) is 91.0 cm³/mol. The van der Waals surface area contributed by atoms with Crippen LogP contribution in [-0.2, 0) is 12.5 Å². The number of nitrogen functional groups attached to an aromatic ring is 1. The average molecular weight is 385 g/mol. The fourth-order valence-corrected chi connectivity index (χ4v) is 2.44. The zero-order chi connectivity index (χ0) is 20.4. The zero-order valence-corrected chi connectivity index (χ0v) is 14.4. The van der Waals surface area contributed by atoms with Gasteiger partial charge in [-0.15, -0.1) is 0 Å². The van der Waals surface area contributed by atoms with Crippen molar-refractivity contribution in [3.05, 3.63) is 58.9 Å². The van der Waals surface area contributed by atoms with Gasteiger partial charge in [-0.25, -0.2) is 4.85 Å². The van der Waals surface area contributed by atoms with Crippen molar-refractivity contribution in [2.75, 3.05) is 19.8 Å². The lowest BCUT2D eigenvalue weighted by Crippen LogP contribution is -2.34. The van der Waals surface area contributed by atoms with E-state index >= 15 is 0 Å². The Labute approximate surface area is 152 Å². The van der Waals surface area contributed by atoms with Gasteiger partial charge in [0.1, 0.15) is 11.5 Å². The fraction of sp³-hybridized carbons (Fsp3) is 0.278. The van der Waals surface area contributed by atoms with E-state index in [1.54, 1.807) is 38.4 Å². The Balaban J connectivity index is 2.56. The number of hydrogen-bond acceptors (Lipinski definition) is 3. The van der Waals surface area contributed by atoms with Gasteiger partial charge in [0.25, 0.3) is 0 Å². The summed E-state index contributed by atoms with van der Waals surface area (Å²) in [7, 11) is 3.61. The maximum atomic E-state index is 13.9. The molecule has 2 N–H and O–H groups in total. The summed E-state index contributed by atoms with van der Waals surface area (Å²) in [6.45, 7) is 7.34. The summed E-state index contributed by atoms with van der Waals surface area (Å²) >= 11 is 0. The van der Waals surface area contributed by atoms with Gasteiger partial charge >= 0.3 is 12.1 Å². The molecule has 0 amide bonds. The summed E-state index contributed by atoms with van der Waals surface area (Å²) in [5, 5.41) is 0. The Morgan fingerprint density at radius 1 is 1.04 bits per heavy atom. The maximum absolute atomic E-state index is 13.9. The Hall–Kier alpha value is -2.86. The average Bonchev–Trinajstić information content (AvgIpc) is 2.56. The smallest absolute Gasteiger partial charge is 0.455 e. The van der Waals surface area contributed by atoms with Crippen molar-refractivity contribution in [2.45, 2.75) is 18.6 Å². The van der Waals surface area contributed by atoms with E-state index < -0.39 is 29.0 Å². The Bertz CT molecular complexity index is 872. The van der Waals surface area contributed by atoms with Crippen molar-refractivity contribution in [1.29, 1.82) is 0 Å². The molecule has 0 aliphatic rings. The van der Waals surface area contributed by atoms with E-state index in [0.717, 1.165) is 12.1 Å². The molecular formula is C18H16F5N3O. The molecule has 0 spiro atoms. The van der Waals surface area contributed by atoms with Crippen LogP contribution < -0.4 is 10.5 Å². The topological polar surface area (TPSA) is 42.8 Å². The molecule has 0 aliphatic carbocycles. The molecule has 0 radical (unpaired) electrons. The molecular weight excluding hydrogens is 369 g/mol. The first-order chi connectivity index (χ1) is 12.5. The molecule has 9 heteroatoms. The normalized spacial score (nSPS) is 12.1. The van der Waals surface area contributed by atoms with Gasteiger partial charge in [0.2, 0.25) is 0 Å². The minimum Gasteiger partial charge on any atom is -0.455 e. The number of alkyl halides is 5. The number of benzene rings is 2. The summed E-state index contributed by atoms with van der Waals surface area (Å²) in [4.78, 5) is 4.57. The standard InChI is InChI=1S/C18H16F5N3O/c1-25-12-8-9-14(16(24)15(12)17(19,20)18(21,22)23)27-13-7-5-4-6-11(13)10-26(2)3/h4-9H,10,24H2,2-3H3. The van der Waals surface area contributed by atoms with Gasteiger partial charge in [0, 0.05) is 12.1 Å². The summed E-state index contributed by atoms with van der Waals surface area (Å²) in [5.41, 5.74) is 2.85. The third-order valence-corrected chi connectivity index (χ3v) is 3.65. The van der Waals surface area contributed by atoms with E-state index in [1.807, 2.05) is 4.90 Å². The first-order valence-electron chi connectivity index (χ1n) is 7.64. The van der Waals surface area contributed by atoms with Gasteiger partial charge in [0.15, 0.2) is 5.69 Å².